The van der Waals surface area contributed by atoms with Crippen LogP contribution in [0.5, 0.6) is 11.5 Å². The molecule has 2 N–H and O–H groups in total. The summed E-state index contributed by atoms with van der Waals surface area (Å²) in [6, 6.07) is 6.37. The number of anilines is 1. The average Bonchev–Trinajstić information content (AvgIpc) is 2.56. The van der Waals surface area contributed by atoms with E-state index >= 15 is 0 Å². The van der Waals surface area contributed by atoms with E-state index in [-0.39, 0.29) is 43.4 Å². The minimum absolute atomic E-state index is 0.00565. The highest BCUT2D eigenvalue weighted by Gasteiger charge is 2.17. The number of methoxy groups -OCH3 is 1. The number of hydrogen-bond donors (Lipinski definition) is 2. The summed E-state index contributed by atoms with van der Waals surface area (Å²) in [6.07, 6.45) is 0. The summed E-state index contributed by atoms with van der Waals surface area (Å²) in [5.41, 5.74) is 0.0848. The second-order valence-electron chi connectivity index (χ2n) is 5.01. The normalized spacial score (nSPS) is 11.2. The molecule has 0 aliphatic rings. The van der Waals surface area contributed by atoms with Crippen molar-refractivity contribution in [1.29, 1.82) is 0 Å². The van der Waals surface area contributed by atoms with Crippen molar-refractivity contribution in [2.45, 2.75) is 11.8 Å². The average molecular weight is 404 g/mol. The van der Waals surface area contributed by atoms with Crippen LogP contribution in [0.25, 0.3) is 0 Å². The van der Waals surface area contributed by atoms with E-state index in [9.17, 15) is 18.3 Å². The van der Waals surface area contributed by atoms with Crippen LogP contribution in [0.2, 0.25) is 10.0 Å². The van der Waals surface area contributed by atoms with E-state index in [0.717, 1.165) is 0 Å². The lowest BCUT2D eigenvalue weighted by atomic mass is 10.2. The molecule has 2 rings (SSSR count). The molecule has 0 radical (unpaired) electrons. The summed E-state index contributed by atoms with van der Waals surface area (Å²) in [6.45, 7) is 1.50. The fourth-order valence-corrected chi connectivity index (χ4v) is 3.60. The van der Waals surface area contributed by atoms with Crippen molar-refractivity contribution in [3.05, 3.63) is 45.9 Å². The summed E-state index contributed by atoms with van der Waals surface area (Å²) in [5.74, 6) is -0.754. The molecule has 0 spiro atoms. The lowest BCUT2D eigenvalue weighted by Crippen LogP contribution is -2.13. The molecule has 0 aliphatic carbocycles. The van der Waals surface area contributed by atoms with E-state index in [2.05, 4.69) is 5.32 Å². The van der Waals surface area contributed by atoms with E-state index in [4.69, 9.17) is 27.9 Å². The molecule has 0 atom stereocenters. The van der Waals surface area contributed by atoms with Crippen molar-refractivity contribution in [3.63, 3.8) is 0 Å². The fraction of sp³-hybridized carbons (Fsp3) is 0.188. The Morgan fingerprint density at radius 1 is 1.20 bits per heavy atom. The molecule has 0 unspecified atom stereocenters. The smallest absolute Gasteiger partial charge is 0.255 e. The third-order valence-corrected chi connectivity index (χ3v) is 5.71. The van der Waals surface area contributed by atoms with Crippen molar-refractivity contribution < 1.29 is 23.1 Å². The van der Waals surface area contributed by atoms with Crippen LogP contribution in [0.15, 0.2) is 35.2 Å². The number of phenols is 1. The van der Waals surface area contributed by atoms with Gasteiger partial charge in [0.05, 0.1) is 33.5 Å². The lowest BCUT2D eigenvalue weighted by Gasteiger charge is -2.11. The number of benzene rings is 2. The molecule has 134 valence electrons. The predicted octanol–water partition coefficient (Wildman–Crippen LogP) is 3.75. The second-order valence-corrected chi connectivity index (χ2v) is 8.10. The molecule has 2 aromatic rings. The minimum atomic E-state index is -3.48. The quantitative estimate of drug-likeness (QED) is 0.741. The maximum Gasteiger partial charge on any atom is 0.255 e. The highest BCUT2D eigenvalue weighted by atomic mass is 35.5. The first kappa shape index (κ1) is 19.4. The number of carbonyl (C=O) groups is 1. The number of sulfone groups is 1. The lowest BCUT2D eigenvalue weighted by molar-refractivity contribution is 0.102. The van der Waals surface area contributed by atoms with Gasteiger partial charge in [-0.15, -0.1) is 0 Å². The number of rotatable bonds is 5. The first-order chi connectivity index (χ1) is 11.7. The predicted molar refractivity (Wildman–Crippen MR) is 96.8 cm³/mol. The van der Waals surface area contributed by atoms with E-state index in [1.54, 1.807) is 0 Å². The molecule has 25 heavy (non-hydrogen) atoms. The van der Waals surface area contributed by atoms with E-state index in [1.165, 1.54) is 44.4 Å². The number of carbonyl (C=O) groups excluding carboxylic acids is 1. The van der Waals surface area contributed by atoms with Crippen LogP contribution < -0.4 is 10.1 Å². The number of hydrogen-bond acceptors (Lipinski definition) is 5. The monoisotopic (exact) mass is 403 g/mol. The Balaban J connectivity index is 2.37. The van der Waals surface area contributed by atoms with Gasteiger partial charge in [0.15, 0.2) is 15.6 Å². The summed E-state index contributed by atoms with van der Waals surface area (Å²) < 4.78 is 28.9. The Hall–Kier alpha value is -1.96. The third kappa shape index (κ3) is 4.18. The van der Waals surface area contributed by atoms with Gasteiger partial charge in [0.1, 0.15) is 5.75 Å². The molecule has 0 fully saturated rings. The van der Waals surface area contributed by atoms with E-state index in [0.29, 0.717) is 0 Å². The summed E-state index contributed by atoms with van der Waals surface area (Å²) in [4.78, 5) is 12.4. The van der Waals surface area contributed by atoms with Crippen LogP contribution in [0.1, 0.15) is 17.3 Å². The molecular formula is C16H15Cl2NO5S. The molecule has 0 aromatic heterocycles. The van der Waals surface area contributed by atoms with Gasteiger partial charge in [0.2, 0.25) is 0 Å². The minimum Gasteiger partial charge on any atom is -0.506 e. The molecule has 9 heteroatoms. The SMILES string of the molecule is CCS(=O)(=O)c1ccc(O)c(NC(=O)c2cc(Cl)c(OC)c(Cl)c2)c1. The van der Waals surface area contributed by atoms with Crippen LogP contribution in [0.3, 0.4) is 0 Å². The van der Waals surface area contributed by atoms with Crippen molar-refractivity contribution in [1.82, 2.24) is 0 Å². The van der Waals surface area contributed by atoms with Crippen molar-refractivity contribution >= 4 is 44.6 Å². The Labute approximate surface area is 155 Å². The zero-order chi connectivity index (χ0) is 18.8. The van der Waals surface area contributed by atoms with E-state index < -0.39 is 15.7 Å². The molecule has 6 nitrogen and oxygen atoms in total. The first-order valence-corrected chi connectivity index (χ1v) is 9.50. The maximum atomic E-state index is 12.4. The van der Waals surface area contributed by atoms with E-state index in [1.807, 2.05) is 0 Å². The van der Waals surface area contributed by atoms with Crippen LogP contribution in [0.4, 0.5) is 5.69 Å². The topological polar surface area (TPSA) is 92.7 Å². The van der Waals surface area contributed by atoms with Crippen LogP contribution >= 0.6 is 23.2 Å². The number of halogens is 2. The number of ether oxygens (including phenoxy) is 1. The maximum absolute atomic E-state index is 12.4. The number of phenolic OH excluding ortho intramolecular Hbond substituents is 1. The fourth-order valence-electron chi connectivity index (χ4n) is 2.06. The highest BCUT2D eigenvalue weighted by Crippen LogP contribution is 2.34. The number of aromatic hydroxyl groups is 1. The Morgan fingerprint density at radius 3 is 2.32 bits per heavy atom. The molecule has 0 saturated carbocycles. The summed E-state index contributed by atoms with van der Waals surface area (Å²) in [5, 5.41) is 12.6. The van der Waals surface area contributed by atoms with Gasteiger partial charge in [-0.05, 0) is 30.3 Å². The summed E-state index contributed by atoms with van der Waals surface area (Å²) >= 11 is 12.0. The summed E-state index contributed by atoms with van der Waals surface area (Å²) in [7, 11) is -2.09. The number of amides is 1. The first-order valence-electron chi connectivity index (χ1n) is 7.09. The zero-order valence-corrected chi connectivity index (χ0v) is 15.7. The largest absolute Gasteiger partial charge is 0.506 e. The van der Waals surface area contributed by atoms with Gasteiger partial charge in [0, 0.05) is 5.56 Å². The van der Waals surface area contributed by atoms with Gasteiger partial charge in [-0.1, -0.05) is 30.1 Å². The number of nitrogens with one attached hydrogen (secondary N) is 1. The van der Waals surface area contributed by atoms with Gasteiger partial charge >= 0.3 is 0 Å². The molecule has 2 aromatic carbocycles. The van der Waals surface area contributed by atoms with Gasteiger partial charge in [-0.25, -0.2) is 8.42 Å². The Morgan fingerprint density at radius 2 is 1.80 bits per heavy atom. The molecule has 0 saturated heterocycles. The van der Waals surface area contributed by atoms with Crippen LogP contribution in [-0.2, 0) is 9.84 Å². The van der Waals surface area contributed by atoms with Gasteiger partial charge in [-0.3, -0.25) is 4.79 Å². The molecule has 0 heterocycles. The zero-order valence-electron chi connectivity index (χ0n) is 13.3. The van der Waals surface area contributed by atoms with Gasteiger partial charge in [0.25, 0.3) is 5.91 Å². The van der Waals surface area contributed by atoms with Gasteiger partial charge in [-0.2, -0.15) is 0 Å². The molecule has 0 aliphatic heterocycles. The second kappa shape index (κ2) is 7.51. The van der Waals surface area contributed by atoms with Crippen molar-refractivity contribution in [2.75, 3.05) is 18.2 Å². The molecule has 0 bridgehead atoms. The van der Waals surface area contributed by atoms with Crippen molar-refractivity contribution in [2.24, 2.45) is 0 Å². The van der Waals surface area contributed by atoms with Crippen molar-refractivity contribution in [3.8, 4) is 11.5 Å². The third-order valence-electron chi connectivity index (χ3n) is 3.42. The molecular weight excluding hydrogens is 389 g/mol. The Bertz CT molecular complexity index is 905. The molecule has 1 amide bonds. The standard InChI is InChI=1S/C16H15Cl2NO5S/c1-3-25(22,23)10-4-5-14(20)13(8-10)19-16(21)9-6-11(17)15(24-2)12(18)7-9/h4-8,20H,3H2,1-2H3,(H,19,21). The highest BCUT2D eigenvalue weighted by molar-refractivity contribution is 7.91. The Kier molecular flexibility index (Phi) is 5.82. The van der Waals surface area contributed by atoms with Gasteiger partial charge < -0.3 is 15.2 Å². The van der Waals surface area contributed by atoms with Crippen LogP contribution in [0, 0.1) is 0 Å². The van der Waals surface area contributed by atoms with Crippen LogP contribution in [-0.4, -0.2) is 32.3 Å².